The zero-order valence-corrected chi connectivity index (χ0v) is 17.8. The number of benzene rings is 2. The standard InChI is InChI=1S/2C9H8N2O.CH4O.Zn/c2*12-8-4-2-1-3-7(8)9-10-5-6-11-9;1-2;/h2*1-6,12H,(H,10,11);2H,1H3;/q;;;+2/p-2. The van der Waals surface area contributed by atoms with Crippen LogP contribution in [0.5, 0.6) is 11.5 Å². The Kier molecular flexibility index (Phi) is 9.50. The Hall–Kier alpha value is -2.96. The molecule has 0 aliphatic carbocycles. The molecule has 4 rings (SSSR count). The Labute approximate surface area is 169 Å². The Morgan fingerprint density at radius 2 is 1.07 bits per heavy atom. The first kappa shape index (κ1) is 22.1. The van der Waals surface area contributed by atoms with E-state index < -0.39 is 0 Å². The van der Waals surface area contributed by atoms with Crippen molar-refractivity contribution in [2.24, 2.45) is 0 Å². The number of aromatic nitrogens is 4. The van der Waals surface area contributed by atoms with Crippen LogP contribution in [-0.4, -0.2) is 32.2 Å². The summed E-state index contributed by atoms with van der Waals surface area (Å²) in [7, 11) is 1.00. The van der Waals surface area contributed by atoms with E-state index in [9.17, 15) is 10.2 Å². The molecule has 27 heavy (non-hydrogen) atoms. The number of nitrogens with one attached hydrogen (secondary N) is 2. The largest absolute Gasteiger partial charge is 2.00 e. The number of aliphatic hydroxyl groups excluding tert-OH is 1. The third-order valence-corrected chi connectivity index (χ3v) is 3.28. The van der Waals surface area contributed by atoms with Gasteiger partial charge in [-0.3, -0.25) is 0 Å². The fourth-order valence-electron chi connectivity index (χ4n) is 2.15. The first-order valence-corrected chi connectivity index (χ1v) is 7.72. The van der Waals surface area contributed by atoms with Gasteiger partial charge in [0.1, 0.15) is 11.6 Å². The normalized spacial score (nSPS) is 9.11. The van der Waals surface area contributed by atoms with Gasteiger partial charge >= 0.3 is 19.5 Å². The molecule has 134 valence electrons. The van der Waals surface area contributed by atoms with Crippen molar-refractivity contribution in [2.75, 3.05) is 7.11 Å². The van der Waals surface area contributed by atoms with Crippen LogP contribution in [0.3, 0.4) is 0 Å². The number of para-hydroxylation sites is 2. The number of hydrogen-bond donors (Lipinski definition) is 3. The van der Waals surface area contributed by atoms with Gasteiger partial charge in [0.15, 0.2) is 0 Å². The van der Waals surface area contributed by atoms with E-state index >= 15 is 0 Å². The number of rotatable bonds is 2. The molecule has 2 aromatic carbocycles. The van der Waals surface area contributed by atoms with Crippen LogP contribution in [0.15, 0.2) is 73.3 Å². The van der Waals surface area contributed by atoms with E-state index in [-0.39, 0.29) is 31.0 Å². The fourth-order valence-corrected chi connectivity index (χ4v) is 2.15. The first-order valence-electron chi connectivity index (χ1n) is 7.72. The Bertz CT molecular complexity index is 821. The van der Waals surface area contributed by atoms with Crippen LogP contribution in [0.4, 0.5) is 0 Å². The summed E-state index contributed by atoms with van der Waals surface area (Å²) in [6.07, 6.45) is 6.65. The summed E-state index contributed by atoms with van der Waals surface area (Å²) in [4.78, 5) is 13.7. The second kappa shape index (κ2) is 11.6. The molecule has 7 nitrogen and oxygen atoms in total. The molecule has 0 aliphatic rings. The molecular weight excluding hydrogens is 398 g/mol. The molecule has 0 saturated carbocycles. The molecule has 3 N–H and O–H groups in total. The molecular formula is C19H18N4O3Zn. The van der Waals surface area contributed by atoms with Gasteiger partial charge < -0.3 is 25.3 Å². The number of aliphatic hydroxyl groups is 1. The molecule has 0 saturated heterocycles. The second-order valence-corrected chi connectivity index (χ2v) is 4.87. The van der Waals surface area contributed by atoms with Crippen LogP contribution < -0.4 is 10.2 Å². The summed E-state index contributed by atoms with van der Waals surface area (Å²) in [5.74, 6) is 1.24. The Morgan fingerprint density at radius 1 is 0.704 bits per heavy atom. The van der Waals surface area contributed by atoms with Gasteiger partial charge in [0.25, 0.3) is 0 Å². The molecule has 2 aromatic heterocycles. The van der Waals surface area contributed by atoms with Crippen molar-refractivity contribution in [3.8, 4) is 34.3 Å². The molecule has 0 bridgehead atoms. The predicted molar refractivity (Wildman–Crippen MR) is 95.1 cm³/mol. The molecule has 0 radical (unpaired) electrons. The number of nitrogens with zero attached hydrogens (tertiary/aromatic N) is 2. The monoisotopic (exact) mass is 414 g/mol. The Morgan fingerprint density at radius 3 is 1.37 bits per heavy atom. The fraction of sp³-hybridized carbons (Fsp3) is 0.0526. The second-order valence-electron chi connectivity index (χ2n) is 4.87. The summed E-state index contributed by atoms with van der Waals surface area (Å²) in [5.41, 5.74) is 1.23. The molecule has 8 heteroatoms. The van der Waals surface area contributed by atoms with Gasteiger partial charge in [-0.1, -0.05) is 60.0 Å². The number of H-pyrrole nitrogens is 2. The van der Waals surface area contributed by atoms with Crippen molar-refractivity contribution in [3.05, 3.63) is 73.3 Å². The quantitative estimate of drug-likeness (QED) is 0.431. The maximum atomic E-state index is 11.3. The summed E-state index contributed by atoms with van der Waals surface area (Å²) in [5, 5.41) is 29.5. The van der Waals surface area contributed by atoms with E-state index in [0.717, 1.165) is 7.11 Å². The van der Waals surface area contributed by atoms with Gasteiger partial charge in [0.05, 0.1) is 0 Å². The molecule has 0 unspecified atom stereocenters. The van der Waals surface area contributed by atoms with Crippen molar-refractivity contribution in [1.82, 2.24) is 19.9 Å². The van der Waals surface area contributed by atoms with Gasteiger partial charge in [0, 0.05) is 43.0 Å². The maximum absolute atomic E-state index is 11.3. The van der Waals surface area contributed by atoms with Gasteiger partial charge in [-0.2, -0.15) is 0 Å². The minimum absolute atomic E-state index is 0. The predicted octanol–water partition coefficient (Wildman–Crippen LogP) is 1.91. The Balaban J connectivity index is 0.000000239. The van der Waals surface area contributed by atoms with Crippen LogP contribution in [0.1, 0.15) is 0 Å². The molecule has 0 fully saturated rings. The van der Waals surface area contributed by atoms with Crippen LogP contribution in [0.2, 0.25) is 0 Å². The smallest absolute Gasteiger partial charge is 0.872 e. The van der Waals surface area contributed by atoms with Gasteiger partial charge in [-0.15, -0.1) is 0 Å². The third-order valence-electron chi connectivity index (χ3n) is 3.28. The van der Waals surface area contributed by atoms with E-state index in [1.165, 1.54) is 12.1 Å². The molecule has 4 aromatic rings. The molecule has 0 spiro atoms. The van der Waals surface area contributed by atoms with Gasteiger partial charge in [-0.05, 0) is 0 Å². The van der Waals surface area contributed by atoms with Crippen LogP contribution in [-0.2, 0) is 19.5 Å². The molecule has 0 aliphatic heterocycles. The number of hydrogen-bond acceptors (Lipinski definition) is 5. The van der Waals surface area contributed by atoms with E-state index in [1.54, 1.807) is 49.1 Å². The third kappa shape index (κ3) is 6.06. The zero-order chi connectivity index (χ0) is 18.8. The molecule has 2 heterocycles. The van der Waals surface area contributed by atoms with Crippen molar-refractivity contribution in [2.45, 2.75) is 0 Å². The van der Waals surface area contributed by atoms with Gasteiger partial charge in [-0.25, -0.2) is 9.97 Å². The summed E-state index contributed by atoms with van der Waals surface area (Å²) in [6, 6.07) is 13.6. The van der Waals surface area contributed by atoms with E-state index in [1.807, 2.05) is 12.1 Å². The molecule has 0 atom stereocenters. The summed E-state index contributed by atoms with van der Waals surface area (Å²) in [6.45, 7) is 0. The number of imidazole rings is 2. The van der Waals surface area contributed by atoms with E-state index in [0.29, 0.717) is 22.8 Å². The van der Waals surface area contributed by atoms with E-state index in [2.05, 4.69) is 19.9 Å². The average molecular weight is 416 g/mol. The van der Waals surface area contributed by atoms with E-state index in [4.69, 9.17) is 5.11 Å². The minimum atomic E-state index is -0.00699. The van der Waals surface area contributed by atoms with Crippen molar-refractivity contribution in [3.63, 3.8) is 0 Å². The van der Waals surface area contributed by atoms with Crippen molar-refractivity contribution in [1.29, 1.82) is 0 Å². The summed E-state index contributed by atoms with van der Waals surface area (Å²) >= 11 is 0. The topological polar surface area (TPSA) is 124 Å². The van der Waals surface area contributed by atoms with Crippen LogP contribution >= 0.6 is 0 Å². The van der Waals surface area contributed by atoms with Crippen molar-refractivity contribution < 1.29 is 34.8 Å². The maximum Gasteiger partial charge on any atom is 2.00 e. The average Bonchev–Trinajstić information content (AvgIpc) is 3.39. The van der Waals surface area contributed by atoms with Crippen LogP contribution in [0.25, 0.3) is 22.8 Å². The zero-order valence-electron chi connectivity index (χ0n) is 14.8. The molecule has 0 amide bonds. The van der Waals surface area contributed by atoms with Crippen LogP contribution in [0, 0.1) is 0 Å². The van der Waals surface area contributed by atoms with Gasteiger partial charge in [0.2, 0.25) is 0 Å². The van der Waals surface area contributed by atoms with Crippen molar-refractivity contribution >= 4 is 0 Å². The minimum Gasteiger partial charge on any atom is -0.872 e. The SMILES string of the molecule is CO.[O-]c1ccccc1-c1ncc[nH]1.[O-]c1ccccc1-c1ncc[nH]1.[Zn+2]. The first-order chi connectivity index (χ1) is 12.8. The number of aromatic amines is 2. The summed E-state index contributed by atoms with van der Waals surface area (Å²) < 4.78 is 0.